The zero-order chi connectivity index (χ0) is 10.1. The molecule has 0 nitrogen and oxygen atoms in total. The molecule has 0 amide bonds. The van der Waals surface area contributed by atoms with Gasteiger partial charge < -0.3 is 0 Å². The van der Waals surface area contributed by atoms with Crippen LogP contribution >= 0.6 is 0 Å². The Kier molecular flexibility index (Phi) is 2.86. The molecular formula is C10H14F2Si. The van der Waals surface area contributed by atoms with Crippen LogP contribution in [0.1, 0.15) is 18.1 Å². The molecule has 0 spiro atoms. The first-order valence-corrected chi connectivity index (χ1v) is 6.40. The van der Waals surface area contributed by atoms with E-state index in [4.69, 9.17) is 0 Å². The Morgan fingerprint density at radius 1 is 1.15 bits per heavy atom. The topological polar surface area (TPSA) is 0 Å². The summed E-state index contributed by atoms with van der Waals surface area (Å²) in [7, 11) is -4.14. The molecule has 0 radical (unpaired) electrons. The average Bonchev–Trinajstić information content (AvgIpc) is 2.03. The Morgan fingerprint density at radius 2 is 1.62 bits per heavy atom. The van der Waals surface area contributed by atoms with Crippen molar-refractivity contribution < 1.29 is 8.22 Å². The van der Waals surface area contributed by atoms with Gasteiger partial charge in [0, 0.05) is 5.19 Å². The van der Waals surface area contributed by atoms with Gasteiger partial charge in [-0.2, -0.15) is 0 Å². The highest BCUT2D eigenvalue weighted by Crippen LogP contribution is 2.17. The Balaban J connectivity index is 3.28. The van der Waals surface area contributed by atoms with E-state index in [2.05, 4.69) is 0 Å². The van der Waals surface area contributed by atoms with E-state index in [1.165, 1.54) is 0 Å². The highest BCUT2D eigenvalue weighted by Gasteiger charge is 2.37. The highest BCUT2D eigenvalue weighted by molar-refractivity contribution is 6.80. The van der Waals surface area contributed by atoms with Crippen molar-refractivity contribution in [1.29, 1.82) is 0 Å². The summed E-state index contributed by atoms with van der Waals surface area (Å²) in [5.74, 6) is 0. The highest BCUT2D eigenvalue weighted by atomic mass is 28.4. The zero-order valence-corrected chi connectivity index (χ0v) is 9.20. The van der Waals surface area contributed by atoms with E-state index >= 15 is 0 Å². The van der Waals surface area contributed by atoms with Crippen LogP contribution in [-0.4, -0.2) is 8.74 Å². The summed E-state index contributed by atoms with van der Waals surface area (Å²) < 4.78 is 27.1. The minimum absolute atomic E-state index is 0.00130. The minimum Gasteiger partial charge on any atom is -0.265 e. The van der Waals surface area contributed by atoms with Crippen molar-refractivity contribution in [3.63, 3.8) is 0 Å². The van der Waals surface area contributed by atoms with Crippen LogP contribution in [0.25, 0.3) is 0 Å². The molecule has 72 valence electrons. The molecule has 0 aliphatic heterocycles. The molecule has 1 rings (SSSR count). The number of halogens is 2. The summed E-state index contributed by atoms with van der Waals surface area (Å²) in [5.41, 5.74) is 1.47. The summed E-state index contributed by atoms with van der Waals surface area (Å²) in [6, 6.07) is 5.35. The molecule has 0 aliphatic carbocycles. The van der Waals surface area contributed by atoms with Crippen molar-refractivity contribution in [3.8, 4) is 0 Å². The molecule has 3 heteroatoms. The van der Waals surface area contributed by atoms with Crippen molar-refractivity contribution >= 4 is 13.9 Å². The first-order valence-electron chi connectivity index (χ1n) is 4.43. The van der Waals surface area contributed by atoms with Crippen LogP contribution in [0.15, 0.2) is 18.2 Å². The molecule has 0 heterocycles. The molecule has 0 unspecified atom stereocenters. The SMILES string of the molecule is CC[Si](F)(F)c1c(C)cccc1C. The third kappa shape index (κ3) is 1.96. The van der Waals surface area contributed by atoms with Crippen molar-refractivity contribution in [2.75, 3.05) is 0 Å². The van der Waals surface area contributed by atoms with E-state index in [1.807, 2.05) is 6.07 Å². The third-order valence-electron chi connectivity index (χ3n) is 2.29. The molecule has 0 bridgehead atoms. The largest absolute Gasteiger partial charge is 0.455 e. The monoisotopic (exact) mass is 200 g/mol. The van der Waals surface area contributed by atoms with E-state index in [9.17, 15) is 8.22 Å². The summed E-state index contributed by atoms with van der Waals surface area (Å²) in [6.07, 6.45) is 0. The van der Waals surface area contributed by atoms with Gasteiger partial charge >= 0.3 is 8.74 Å². The maximum absolute atomic E-state index is 13.5. The normalized spacial score (nSPS) is 11.8. The first-order chi connectivity index (χ1) is 5.99. The van der Waals surface area contributed by atoms with Crippen LogP contribution < -0.4 is 5.19 Å². The third-order valence-corrected chi connectivity index (χ3v) is 4.70. The van der Waals surface area contributed by atoms with Crippen LogP contribution in [0.4, 0.5) is 8.22 Å². The smallest absolute Gasteiger partial charge is 0.265 e. The molecule has 0 saturated carbocycles. The van der Waals surface area contributed by atoms with E-state index in [1.54, 1.807) is 32.9 Å². The van der Waals surface area contributed by atoms with Crippen LogP contribution in [-0.2, 0) is 0 Å². The molecular weight excluding hydrogens is 186 g/mol. The van der Waals surface area contributed by atoms with Gasteiger partial charge in [0.25, 0.3) is 0 Å². The molecule has 0 aromatic heterocycles. The molecule has 13 heavy (non-hydrogen) atoms. The van der Waals surface area contributed by atoms with Gasteiger partial charge in [-0.25, -0.2) is 0 Å². The van der Waals surface area contributed by atoms with E-state index in [-0.39, 0.29) is 6.04 Å². The molecule has 1 aromatic rings. The second-order valence-corrected chi connectivity index (χ2v) is 5.94. The van der Waals surface area contributed by atoms with Crippen molar-refractivity contribution in [3.05, 3.63) is 29.3 Å². The fraction of sp³-hybridized carbons (Fsp3) is 0.400. The molecule has 0 aliphatic rings. The standard InChI is InChI=1S/C10H14F2Si/c1-4-13(11,12)10-8(2)6-5-7-9(10)3/h5-7H,4H2,1-3H3. The van der Waals surface area contributed by atoms with Crippen LogP contribution in [0.3, 0.4) is 0 Å². The van der Waals surface area contributed by atoms with Crippen molar-refractivity contribution in [2.24, 2.45) is 0 Å². The lowest BCUT2D eigenvalue weighted by molar-refractivity contribution is 0.624. The summed E-state index contributed by atoms with van der Waals surface area (Å²) in [4.78, 5) is 0. The van der Waals surface area contributed by atoms with Crippen LogP contribution in [0.5, 0.6) is 0 Å². The quantitative estimate of drug-likeness (QED) is 0.508. The Morgan fingerprint density at radius 3 is 2.00 bits per heavy atom. The van der Waals surface area contributed by atoms with Gasteiger partial charge in [-0.15, -0.1) is 0 Å². The van der Waals surface area contributed by atoms with Gasteiger partial charge in [0.2, 0.25) is 0 Å². The number of benzene rings is 1. The first kappa shape index (κ1) is 10.4. The number of rotatable bonds is 2. The number of aryl methyl sites for hydroxylation is 2. The average molecular weight is 200 g/mol. The van der Waals surface area contributed by atoms with Gasteiger partial charge in [0.05, 0.1) is 0 Å². The molecule has 0 saturated heterocycles. The molecule has 0 N–H and O–H groups in total. The Labute approximate surface area is 79.0 Å². The van der Waals surface area contributed by atoms with Gasteiger partial charge in [0.1, 0.15) is 0 Å². The van der Waals surface area contributed by atoms with Crippen molar-refractivity contribution in [2.45, 2.75) is 26.8 Å². The fourth-order valence-electron chi connectivity index (χ4n) is 1.57. The minimum atomic E-state index is -4.14. The lowest BCUT2D eigenvalue weighted by atomic mass is 10.2. The van der Waals surface area contributed by atoms with E-state index in [0.29, 0.717) is 5.19 Å². The maximum atomic E-state index is 13.5. The lowest BCUT2D eigenvalue weighted by Gasteiger charge is -2.16. The molecule has 0 fully saturated rings. The van der Waals surface area contributed by atoms with Gasteiger partial charge in [-0.3, -0.25) is 8.22 Å². The van der Waals surface area contributed by atoms with Crippen LogP contribution in [0.2, 0.25) is 6.04 Å². The van der Waals surface area contributed by atoms with Crippen LogP contribution in [0, 0.1) is 13.8 Å². The van der Waals surface area contributed by atoms with E-state index < -0.39 is 8.74 Å². The Hall–Kier alpha value is -0.703. The summed E-state index contributed by atoms with van der Waals surface area (Å²) in [5, 5.41) is 0.331. The second kappa shape index (κ2) is 3.58. The summed E-state index contributed by atoms with van der Waals surface area (Å²) >= 11 is 0. The van der Waals surface area contributed by atoms with Gasteiger partial charge in [-0.05, 0) is 31.0 Å². The zero-order valence-electron chi connectivity index (χ0n) is 8.20. The van der Waals surface area contributed by atoms with E-state index in [0.717, 1.165) is 11.1 Å². The number of hydrogen-bond donors (Lipinski definition) is 0. The molecule has 1 aromatic carbocycles. The lowest BCUT2D eigenvalue weighted by Crippen LogP contribution is -2.41. The second-order valence-electron chi connectivity index (χ2n) is 3.32. The number of hydrogen-bond acceptors (Lipinski definition) is 0. The van der Waals surface area contributed by atoms with Gasteiger partial charge in [-0.1, -0.05) is 25.1 Å². The van der Waals surface area contributed by atoms with Gasteiger partial charge in [0.15, 0.2) is 0 Å². The maximum Gasteiger partial charge on any atom is 0.455 e. The Bertz CT molecular complexity index is 288. The summed E-state index contributed by atoms with van der Waals surface area (Å²) in [6.45, 7) is 5.09. The predicted molar refractivity (Wildman–Crippen MR) is 54.0 cm³/mol. The predicted octanol–water partition coefficient (Wildman–Crippen LogP) is 2.91. The fourth-order valence-corrected chi connectivity index (χ4v) is 3.24. The van der Waals surface area contributed by atoms with Crippen molar-refractivity contribution in [1.82, 2.24) is 0 Å². The molecule has 0 atom stereocenters.